The zero-order valence-electron chi connectivity index (χ0n) is 21.2. The van der Waals surface area contributed by atoms with E-state index in [1.807, 2.05) is 12.1 Å². The second-order valence-electron chi connectivity index (χ2n) is 9.18. The Hall–Kier alpha value is -4.46. The van der Waals surface area contributed by atoms with E-state index in [0.29, 0.717) is 22.3 Å². The van der Waals surface area contributed by atoms with Crippen molar-refractivity contribution in [3.63, 3.8) is 0 Å². The maximum Gasteiger partial charge on any atom is 0.410 e. The number of allylic oxidation sites excluding steroid dienone is 2. The van der Waals surface area contributed by atoms with Gasteiger partial charge in [0.15, 0.2) is 16.6 Å². The summed E-state index contributed by atoms with van der Waals surface area (Å²) in [6.07, 6.45) is 5.77. The highest BCUT2D eigenvalue weighted by molar-refractivity contribution is 6.38. The average Bonchev–Trinajstić information content (AvgIpc) is 3.06. The van der Waals surface area contributed by atoms with Crippen LogP contribution in [0.15, 0.2) is 85.0 Å². The van der Waals surface area contributed by atoms with Gasteiger partial charge in [-0.3, -0.25) is 19.3 Å². The third-order valence-electron chi connectivity index (χ3n) is 7.56. The summed E-state index contributed by atoms with van der Waals surface area (Å²) in [5.74, 6) is -2.47. The minimum Gasteiger partial charge on any atom is -0.468 e. The van der Waals surface area contributed by atoms with E-state index in [9.17, 15) is 14.4 Å². The third-order valence-corrected chi connectivity index (χ3v) is 7.56. The molecule has 0 saturated carbocycles. The van der Waals surface area contributed by atoms with E-state index in [1.165, 1.54) is 19.1 Å². The number of carbonyl (C=O) groups excluding carboxylic acids is 4. The minimum atomic E-state index is -2.08. The quantitative estimate of drug-likeness (QED) is 0.340. The normalized spacial score (nSPS) is 27.1. The molecule has 0 spiro atoms. The van der Waals surface area contributed by atoms with Gasteiger partial charge in [0.1, 0.15) is 0 Å². The SMILES string of the molecule is CCOC(=O)N1[C@H]2C=CC=C[C@@H]1[C@@]1(C(=O)OC)C(=O)[C@]2(C(=O)OC)C(c2ccccc2)=C1c1ccccc1. The number of hydrogen-bond acceptors (Lipinski definition) is 7. The smallest absolute Gasteiger partial charge is 0.410 e. The highest BCUT2D eigenvalue weighted by Gasteiger charge is 2.79. The number of esters is 2. The fourth-order valence-corrected chi connectivity index (χ4v) is 6.23. The molecule has 8 nitrogen and oxygen atoms in total. The molecule has 0 aromatic heterocycles. The van der Waals surface area contributed by atoms with Crippen molar-refractivity contribution in [1.82, 2.24) is 4.90 Å². The lowest BCUT2D eigenvalue weighted by Gasteiger charge is -2.51. The summed E-state index contributed by atoms with van der Waals surface area (Å²) >= 11 is 0. The van der Waals surface area contributed by atoms with E-state index in [1.54, 1.807) is 79.8 Å². The van der Waals surface area contributed by atoms with Gasteiger partial charge in [0.2, 0.25) is 0 Å². The summed E-state index contributed by atoms with van der Waals surface area (Å²) in [5.41, 5.74) is -2.48. The Bertz CT molecular complexity index is 1300. The van der Waals surface area contributed by atoms with Gasteiger partial charge >= 0.3 is 18.0 Å². The fourth-order valence-electron chi connectivity index (χ4n) is 6.23. The molecule has 38 heavy (non-hydrogen) atoms. The number of amides is 1. The van der Waals surface area contributed by atoms with Crippen LogP contribution in [0.5, 0.6) is 0 Å². The first-order chi connectivity index (χ1) is 18.4. The number of ether oxygens (including phenoxy) is 3. The molecule has 3 aliphatic rings. The lowest BCUT2D eigenvalue weighted by molar-refractivity contribution is -0.171. The highest BCUT2D eigenvalue weighted by atomic mass is 16.6. The molecule has 2 heterocycles. The topological polar surface area (TPSA) is 99.2 Å². The number of nitrogens with zero attached hydrogens (tertiary/aromatic N) is 1. The molecule has 1 saturated heterocycles. The number of hydrogen-bond donors (Lipinski definition) is 0. The second kappa shape index (κ2) is 9.45. The van der Waals surface area contributed by atoms with Crippen molar-refractivity contribution in [2.75, 3.05) is 20.8 Å². The number of carbonyl (C=O) groups is 4. The van der Waals surface area contributed by atoms with Gasteiger partial charge in [0, 0.05) is 0 Å². The number of benzene rings is 2. The molecule has 194 valence electrons. The minimum absolute atomic E-state index is 0.0527. The number of ketones is 1. The predicted molar refractivity (Wildman–Crippen MR) is 138 cm³/mol. The van der Waals surface area contributed by atoms with Crippen molar-refractivity contribution in [2.45, 2.75) is 19.0 Å². The van der Waals surface area contributed by atoms with Crippen molar-refractivity contribution in [2.24, 2.45) is 10.8 Å². The highest BCUT2D eigenvalue weighted by Crippen LogP contribution is 2.67. The van der Waals surface area contributed by atoms with E-state index in [2.05, 4.69) is 0 Å². The molecular weight excluding hydrogens is 486 g/mol. The first-order valence-corrected chi connectivity index (χ1v) is 12.3. The Morgan fingerprint density at radius 1 is 0.763 bits per heavy atom. The van der Waals surface area contributed by atoms with Crippen LogP contribution in [-0.2, 0) is 28.6 Å². The molecular formula is C30H27NO7. The molecule has 2 aromatic rings. The number of Topliss-reactive ketones (excluding diaryl/α,β-unsaturated/α-hetero) is 1. The lowest BCUT2D eigenvalue weighted by atomic mass is 9.61. The predicted octanol–water partition coefficient (Wildman–Crippen LogP) is 3.83. The van der Waals surface area contributed by atoms with Crippen LogP contribution in [0.2, 0.25) is 0 Å². The molecule has 0 radical (unpaired) electrons. The molecule has 4 bridgehead atoms. The van der Waals surface area contributed by atoms with Gasteiger partial charge in [0.25, 0.3) is 0 Å². The Morgan fingerprint density at radius 2 is 1.18 bits per heavy atom. The Morgan fingerprint density at radius 3 is 1.55 bits per heavy atom. The summed E-state index contributed by atoms with van der Waals surface area (Å²) in [5, 5.41) is 0. The number of piperidine rings is 1. The molecule has 0 N–H and O–H groups in total. The van der Waals surface area contributed by atoms with Crippen LogP contribution in [0.3, 0.4) is 0 Å². The largest absolute Gasteiger partial charge is 0.468 e. The molecule has 2 aromatic carbocycles. The third kappa shape index (κ3) is 3.09. The fraction of sp³-hybridized carbons (Fsp3) is 0.267. The van der Waals surface area contributed by atoms with Gasteiger partial charge in [-0.15, -0.1) is 0 Å². The lowest BCUT2D eigenvalue weighted by Crippen LogP contribution is -2.71. The van der Waals surface area contributed by atoms with Gasteiger partial charge < -0.3 is 14.2 Å². The molecule has 2 aliphatic heterocycles. The second-order valence-corrected chi connectivity index (χ2v) is 9.18. The Balaban J connectivity index is 2.03. The summed E-state index contributed by atoms with van der Waals surface area (Å²) in [7, 11) is 2.37. The van der Waals surface area contributed by atoms with Crippen molar-refractivity contribution in [3.8, 4) is 0 Å². The van der Waals surface area contributed by atoms with Crippen LogP contribution in [0, 0.1) is 10.8 Å². The molecule has 4 atom stereocenters. The van der Waals surface area contributed by atoms with Crippen LogP contribution < -0.4 is 0 Å². The summed E-state index contributed by atoms with van der Waals surface area (Å²) in [6.45, 7) is 1.71. The molecule has 5 rings (SSSR count). The van der Waals surface area contributed by atoms with E-state index in [4.69, 9.17) is 14.2 Å². The summed E-state index contributed by atoms with van der Waals surface area (Å²) in [6, 6.07) is 15.6. The molecule has 0 unspecified atom stereocenters. The monoisotopic (exact) mass is 513 g/mol. The Kier molecular flexibility index (Phi) is 6.26. The number of methoxy groups -OCH3 is 2. The van der Waals surface area contributed by atoms with Crippen LogP contribution in [0.4, 0.5) is 4.79 Å². The number of fused-ring (bicyclic) bond motifs is 6. The molecule has 1 amide bonds. The standard InChI is InChI=1S/C30H27NO7/c1-4-38-28(35)31-21-17-11-12-18-22(31)30(27(34)37-3)24(20-15-9-6-10-16-20)23(19-13-7-5-8-14-19)29(21,25(30)32)26(33)36-2/h5-18,21-22H,4H2,1-3H3/t21-,22+,29+,30-. The van der Waals surface area contributed by atoms with Crippen molar-refractivity contribution in [3.05, 3.63) is 96.1 Å². The zero-order chi connectivity index (χ0) is 27.1. The van der Waals surface area contributed by atoms with Gasteiger partial charge in [-0.25, -0.2) is 4.79 Å². The summed E-state index contributed by atoms with van der Waals surface area (Å²) < 4.78 is 16.0. The molecule has 1 fully saturated rings. The van der Waals surface area contributed by atoms with Crippen LogP contribution in [-0.4, -0.2) is 61.6 Å². The van der Waals surface area contributed by atoms with Gasteiger partial charge in [-0.1, -0.05) is 85.0 Å². The van der Waals surface area contributed by atoms with Crippen molar-refractivity contribution >= 4 is 35.0 Å². The number of rotatable bonds is 5. The maximum absolute atomic E-state index is 15.0. The summed E-state index contributed by atoms with van der Waals surface area (Å²) in [4.78, 5) is 58.0. The van der Waals surface area contributed by atoms with Crippen LogP contribution >= 0.6 is 0 Å². The maximum atomic E-state index is 15.0. The van der Waals surface area contributed by atoms with Gasteiger partial charge in [-0.05, 0) is 29.2 Å². The van der Waals surface area contributed by atoms with Crippen molar-refractivity contribution in [1.29, 1.82) is 0 Å². The van der Waals surface area contributed by atoms with Crippen LogP contribution in [0.1, 0.15) is 18.1 Å². The molecule has 1 aliphatic carbocycles. The van der Waals surface area contributed by atoms with Crippen LogP contribution in [0.25, 0.3) is 11.1 Å². The van der Waals surface area contributed by atoms with Crippen molar-refractivity contribution < 1.29 is 33.4 Å². The zero-order valence-corrected chi connectivity index (χ0v) is 21.2. The van der Waals surface area contributed by atoms with Gasteiger partial charge in [-0.2, -0.15) is 0 Å². The van der Waals surface area contributed by atoms with E-state index >= 15 is 4.79 Å². The average molecular weight is 514 g/mol. The van der Waals surface area contributed by atoms with E-state index in [0.717, 1.165) is 0 Å². The first-order valence-electron chi connectivity index (χ1n) is 12.3. The van der Waals surface area contributed by atoms with Gasteiger partial charge in [0.05, 0.1) is 32.9 Å². The van der Waals surface area contributed by atoms with E-state index in [-0.39, 0.29) is 6.61 Å². The first kappa shape index (κ1) is 25.2. The Labute approximate surface area is 220 Å². The molecule has 8 heteroatoms. The van der Waals surface area contributed by atoms with E-state index < -0.39 is 46.7 Å².